The molecule has 0 aliphatic rings. The largest absolute Gasteiger partial charge is 0.494 e. The maximum absolute atomic E-state index is 12.0. The number of carbonyl (C=O) groups excluding carboxylic acids is 1. The van der Waals surface area contributed by atoms with Gasteiger partial charge in [0.15, 0.2) is 0 Å². The number of hydrogen-bond donors (Lipinski definition) is 0. The van der Waals surface area contributed by atoms with E-state index in [-0.39, 0.29) is 5.97 Å². The van der Waals surface area contributed by atoms with E-state index >= 15 is 0 Å². The number of carbonyl (C=O) groups is 1. The van der Waals surface area contributed by atoms with E-state index in [2.05, 4.69) is 47.0 Å². The van der Waals surface area contributed by atoms with Gasteiger partial charge in [0, 0.05) is 17.5 Å². The Bertz CT molecular complexity index is 1550. The van der Waals surface area contributed by atoms with Crippen LogP contribution in [0.15, 0.2) is 120 Å². The van der Waals surface area contributed by atoms with Gasteiger partial charge in [0.25, 0.3) is 0 Å². The molecule has 38 heavy (non-hydrogen) atoms. The molecule has 0 saturated carbocycles. The molecule has 0 fully saturated rings. The number of aromatic nitrogens is 1. The van der Waals surface area contributed by atoms with Gasteiger partial charge in [-0.25, -0.2) is 4.79 Å². The molecule has 0 saturated heterocycles. The quantitative estimate of drug-likeness (QED) is 0.162. The van der Waals surface area contributed by atoms with Crippen LogP contribution < -0.4 is 4.74 Å². The molecule has 188 valence electrons. The topological polar surface area (TPSA) is 52.8 Å². The SMILES string of the molecule is CCOc1ccc(-n2c(-c3ccccc3)cc(C=Nc3cccc(C(=O)OC)c3)c2-c2ccccc2)cc1. The van der Waals surface area contributed by atoms with Crippen molar-refractivity contribution in [2.24, 2.45) is 4.99 Å². The van der Waals surface area contributed by atoms with Crippen LogP contribution in [0.25, 0.3) is 28.2 Å². The first-order valence-electron chi connectivity index (χ1n) is 12.5. The summed E-state index contributed by atoms with van der Waals surface area (Å²) in [5.41, 5.74) is 7.30. The van der Waals surface area contributed by atoms with Crippen molar-refractivity contribution in [2.45, 2.75) is 6.92 Å². The molecule has 0 radical (unpaired) electrons. The molecule has 0 unspecified atom stereocenters. The lowest BCUT2D eigenvalue weighted by Gasteiger charge is -2.15. The van der Waals surface area contributed by atoms with E-state index in [4.69, 9.17) is 14.5 Å². The zero-order valence-electron chi connectivity index (χ0n) is 21.4. The van der Waals surface area contributed by atoms with Crippen LogP contribution in [0.1, 0.15) is 22.8 Å². The molecule has 5 aromatic rings. The summed E-state index contributed by atoms with van der Waals surface area (Å²) in [5.74, 6) is 0.443. The molecule has 0 aliphatic heterocycles. The Morgan fingerprint density at radius 1 is 0.816 bits per heavy atom. The van der Waals surface area contributed by atoms with Gasteiger partial charge in [0.05, 0.1) is 36.4 Å². The number of hydrogen-bond acceptors (Lipinski definition) is 4. The first-order valence-corrected chi connectivity index (χ1v) is 12.5. The fraction of sp³-hybridized carbons (Fsp3) is 0.0909. The van der Waals surface area contributed by atoms with Crippen molar-refractivity contribution >= 4 is 17.9 Å². The Labute approximate surface area is 222 Å². The summed E-state index contributed by atoms with van der Waals surface area (Å²) in [6.07, 6.45) is 1.86. The molecule has 0 N–H and O–H groups in total. The third-order valence-corrected chi connectivity index (χ3v) is 6.17. The summed E-state index contributed by atoms with van der Waals surface area (Å²) in [6.45, 7) is 2.60. The first kappa shape index (κ1) is 24.8. The summed E-state index contributed by atoms with van der Waals surface area (Å²) in [7, 11) is 1.37. The van der Waals surface area contributed by atoms with Crippen LogP contribution >= 0.6 is 0 Å². The van der Waals surface area contributed by atoms with E-state index < -0.39 is 0 Å². The van der Waals surface area contributed by atoms with Crippen molar-refractivity contribution in [1.29, 1.82) is 0 Å². The van der Waals surface area contributed by atoms with Crippen LogP contribution in [0.2, 0.25) is 0 Å². The van der Waals surface area contributed by atoms with Gasteiger partial charge < -0.3 is 14.0 Å². The number of aliphatic imine (C=N–C) groups is 1. The van der Waals surface area contributed by atoms with Gasteiger partial charge in [-0.05, 0) is 66.6 Å². The van der Waals surface area contributed by atoms with Crippen LogP contribution in [0.4, 0.5) is 5.69 Å². The Balaban J connectivity index is 1.70. The molecule has 5 heteroatoms. The lowest BCUT2D eigenvalue weighted by atomic mass is 10.1. The van der Waals surface area contributed by atoms with Gasteiger partial charge in [0.1, 0.15) is 5.75 Å². The van der Waals surface area contributed by atoms with Crippen LogP contribution in [0.5, 0.6) is 5.75 Å². The molecule has 5 rings (SSSR count). The molecule has 4 aromatic carbocycles. The predicted molar refractivity (Wildman–Crippen MR) is 153 cm³/mol. The van der Waals surface area contributed by atoms with Gasteiger partial charge in [-0.15, -0.1) is 0 Å². The summed E-state index contributed by atoms with van der Waals surface area (Å²) >= 11 is 0. The fourth-order valence-corrected chi connectivity index (χ4v) is 4.44. The highest BCUT2D eigenvalue weighted by molar-refractivity contribution is 5.95. The second-order valence-electron chi connectivity index (χ2n) is 8.63. The second kappa shape index (κ2) is 11.4. The standard InChI is InChI=1S/C33H28N2O3/c1-3-38-30-19-17-29(18-20-30)35-31(24-11-6-4-7-12-24)22-27(32(35)25-13-8-5-9-14-25)23-34-28-16-10-15-26(21-28)33(36)37-2/h4-23H,3H2,1-2H3. The molecule has 0 atom stereocenters. The predicted octanol–water partition coefficient (Wildman–Crippen LogP) is 7.75. The molecule has 1 heterocycles. The Hall–Kier alpha value is -4.90. The summed E-state index contributed by atoms with van der Waals surface area (Å²) in [4.78, 5) is 16.8. The normalized spacial score (nSPS) is 11.0. The minimum absolute atomic E-state index is 0.389. The number of methoxy groups -OCH3 is 1. The first-order chi connectivity index (χ1) is 18.7. The zero-order chi connectivity index (χ0) is 26.3. The van der Waals surface area contributed by atoms with Crippen molar-refractivity contribution in [3.05, 3.63) is 126 Å². The molecule has 0 spiro atoms. The Morgan fingerprint density at radius 2 is 1.50 bits per heavy atom. The van der Waals surface area contributed by atoms with Crippen molar-refractivity contribution < 1.29 is 14.3 Å². The Kier molecular flexibility index (Phi) is 7.46. The van der Waals surface area contributed by atoms with Crippen LogP contribution in [0.3, 0.4) is 0 Å². The highest BCUT2D eigenvalue weighted by atomic mass is 16.5. The summed E-state index contributed by atoms with van der Waals surface area (Å²) < 4.78 is 12.8. The van der Waals surface area contributed by atoms with E-state index in [0.717, 1.165) is 39.5 Å². The van der Waals surface area contributed by atoms with Crippen molar-refractivity contribution in [2.75, 3.05) is 13.7 Å². The summed E-state index contributed by atoms with van der Waals surface area (Å²) in [5, 5.41) is 0. The highest BCUT2D eigenvalue weighted by Gasteiger charge is 2.19. The van der Waals surface area contributed by atoms with E-state index in [1.54, 1.807) is 18.2 Å². The van der Waals surface area contributed by atoms with E-state index in [1.165, 1.54) is 7.11 Å². The monoisotopic (exact) mass is 500 g/mol. The highest BCUT2D eigenvalue weighted by Crippen LogP contribution is 2.36. The molecular weight excluding hydrogens is 472 g/mol. The minimum Gasteiger partial charge on any atom is -0.494 e. The van der Waals surface area contributed by atoms with Gasteiger partial charge in [-0.2, -0.15) is 0 Å². The van der Waals surface area contributed by atoms with Gasteiger partial charge >= 0.3 is 5.97 Å². The van der Waals surface area contributed by atoms with E-state index in [1.807, 2.05) is 67.7 Å². The molecule has 5 nitrogen and oxygen atoms in total. The van der Waals surface area contributed by atoms with Crippen LogP contribution in [-0.4, -0.2) is 30.5 Å². The molecule has 0 bridgehead atoms. The Morgan fingerprint density at radius 3 is 2.16 bits per heavy atom. The van der Waals surface area contributed by atoms with Gasteiger partial charge in [-0.1, -0.05) is 66.7 Å². The lowest BCUT2D eigenvalue weighted by Crippen LogP contribution is -2.01. The maximum atomic E-state index is 12.0. The van der Waals surface area contributed by atoms with E-state index in [0.29, 0.717) is 17.9 Å². The molecule has 0 aliphatic carbocycles. The van der Waals surface area contributed by atoms with Crippen LogP contribution in [0, 0.1) is 0 Å². The average Bonchev–Trinajstić information content (AvgIpc) is 3.37. The third-order valence-electron chi connectivity index (χ3n) is 6.17. The average molecular weight is 501 g/mol. The lowest BCUT2D eigenvalue weighted by molar-refractivity contribution is 0.0600. The van der Waals surface area contributed by atoms with Gasteiger partial charge in [-0.3, -0.25) is 4.99 Å². The van der Waals surface area contributed by atoms with Crippen molar-refractivity contribution in [3.8, 4) is 34.0 Å². The number of nitrogens with zero attached hydrogens (tertiary/aromatic N) is 2. The van der Waals surface area contributed by atoms with Crippen molar-refractivity contribution in [3.63, 3.8) is 0 Å². The number of ether oxygens (including phenoxy) is 2. The van der Waals surface area contributed by atoms with Crippen LogP contribution in [-0.2, 0) is 4.74 Å². The van der Waals surface area contributed by atoms with E-state index in [9.17, 15) is 4.79 Å². The molecular formula is C33H28N2O3. The minimum atomic E-state index is -0.389. The fourth-order valence-electron chi connectivity index (χ4n) is 4.44. The number of esters is 1. The zero-order valence-corrected chi connectivity index (χ0v) is 21.4. The molecule has 1 aromatic heterocycles. The second-order valence-corrected chi connectivity index (χ2v) is 8.63. The summed E-state index contributed by atoms with van der Waals surface area (Å²) in [6, 6.07) is 38.0. The smallest absolute Gasteiger partial charge is 0.337 e. The van der Waals surface area contributed by atoms with Crippen molar-refractivity contribution in [1.82, 2.24) is 4.57 Å². The number of rotatable bonds is 8. The van der Waals surface area contributed by atoms with Gasteiger partial charge in [0.2, 0.25) is 0 Å². The maximum Gasteiger partial charge on any atom is 0.337 e. The third kappa shape index (κ3) is 5.27. The molecule has 0 amide bonds. The number of benzene rings is 4.